The van der Waals surface area contributed by atoms with Gasteiger partial charge in [0.1, 0.15) is 0 Å². The fourth-order valence-corrected chi connectivity index (χ4v) is 5.39. The number of carbonyl (C=O) groups excluding carboxylic acids is 4. The second-order valence-electron chi connectivity index (χ2n) is 10.6. The van der Waals surface area contributed by atoms with E-state index in [1.54, 1.807) is 24.5 Å². The lowest BCUT2D eigenvalue weighted by Crippen LogP contribution is -2.44. The summed E-state index contributed by atoms with van der Waals surface area (Å²) in [6, 6.07) is 33.4. The number of amides is 2. The minimum atomic E-state index is -0.686. The van der Waals surface area contributed by atoms with Crippen LogP contribution in [0.5, 0.6) is 0 Å². The van der Waals surface area contributed by atoms with Crippen molar-refractivity contribution in [3.63, 3.8) is 0 Å². The molecule has 0 bridgehead atoms. The van der Waals surface area contributed by atoms with Crippen LogP contribution in [-0.4, -0.2) is 56.2 Å². The predicted molar refractivity (Wildman–Crippen MR) is 169 cm³/mol. The van der Waals surface area contributed by atoms with Gasteiger partial charge in [0.2, 0.25) is 0 Å². The van der Waals surface area contributed by atoms with Gasteiger partial charge in [-0.2, -0.15) is 0 Å². The molecule has 0 saturated heterocycles. The molecule has 0 unspecified atom stereocenters. The average molecular weight is 583 g/mol. The minimum Gasteiger partial charge on any atom is -0.360 e. The SMILES string of the molecule is O=C(C(=O)N(CCN(Cc1ccccc1)C(=O)C(=O)c1c[nH]c2ccccc12)Cc1ccccc1)c1c[nH]c2ccccc12. The summed E-state index contributed by atoms with van der Waals surface area (Å²) in [5, 5.41) is 1.33. The maximum absolute atomic E-state index is 13.8. The Morgan fingerprint density at radius 2 is 0.841 bits per heavy atom. The molecule has 0 spiro atoms. The van der Waals surface area contributed by atoms with E-state index in [2.05, 4.69) is 9.97 Å². The average Bonchev–Trinajstić information content (AvgIpc) is 3.70. The van der Waals surface area contributed by atoms with Gasteiger partial charge < -0.3 is 19.8 Å². The normalized spacial score (nSPS) is 11.0. The molecule has 6 aromatic rings. The first-order chi connectivity index (χ1) is 21.5. The van der Waals surface area contributed by atoms with Gasteiger partial charge in [0.25, 0.3) is 23.4 Å². The second-order valence-corrected chi connectivity index (χ2v) is 10.6. The Hall–Kier alpha value is -5.76. The summed E-state index contributed by atoms with van der Waals surface area (Å²) in [5.74, 6) is -2.66. The summed E-state index contributed by atoms with van der Waals surface area (Å²) in [4.78, 5) is 63.7. The topological polar surface area (TPSA) is 106 Å². The van der Waals surface area contributed by atoms with Crippen LogP contribution in [0.4, 0.5) is 0 Å². The van der Waals surface area contributed by atoms with Gasteiger partial charge in [0.15, 0.2) is 0 Å². The van der Waals surface area contributed by atoms with E-state index in [1.165, 1.54) is 9.80 Å². The Balaban J connectivity index is 1.28. The third-order valence-electron chi connectivity index (χ3n) is 7.70. The zero-order valence-electron chi connectivity index (χ0n) is 23.9. The Bertz CT molecular complexity index is 1820. The molecule has 44 heavy (non-hydrogen) atoms. The number of carbonyl (C=O) groups is 4. The Kier molecular flexibility index (Phi) is 8.14. The number of hydrogen-bond donors (Lipinski definition) is 2. The van der Waals surface area contributed by atoms with Crippen molar-refractivity contribution in [1.29, 1.82) is 0 Å². The molecule has 2 aromatic heterocycles. The quantitative estimate of drug-likeness (QED) is 0.149. The Morgan fingerprint density at radius 3 is 1.25 bits per heavy atom. The standard InChI is InChI=1S/C36H30N4O4/c41-33(29-21-37-31-17-9-7-15-27(29)31)35(43)39(23-25-11-3-1-4-12-25)19-20-40(24-26-13-5-2-6-14-26)36(44)34(42)30-22-38-32-18-10-8-16-28(30)32/h1-18,21-22,37-38H,19-20,23-24H2. The van der Waals surface area contributed by atoms with Gasteiger partial charge in [0, 0.05) is 60.4 Å². The van der Waals surface area contributed by atoms with Crippen LogP contribution in [0, 0.1) is 0 Å². The molecule has 0 aliphatic carbocycles. The van der Waals surface area contributed by atoms with Gasteiger partial charge in [-0.1, -0.05) is 97.1 Å². The summed E-state index contributed by atoms with van der Waals surface area (Å²) >= 11 is 0. The van der Waals surface area contributed by atoms with Crippen molar-refractivity contribution in [2.24, 2.45) is 0 Å². The summed E-state index contributed by atoms with van der Waals surface area (Å²) < 4.78 is 0. The molecule has 0 fully saturated rings. The number of hydrogen-bond acceptors (Lipinski definition) is 4. The molecule has 2 amide bonds. The van der Waals surface area contributed by atoms with E-state index in [-0.39, 0.29) is 37.3 Å². The molecule has 0 aliphatic rings. The number of aromatic amines is 2. The van der Waals surface area contributed by atoms with E-state index in [4.69, 9.17) is 0 Å². The smallest absolute Gasteiger partial charge is 0.295 e. The summed E-state index contributed by atoms with van der Waals surface area (Å²) in [6.07, 6.45) is 3.10. The number of para-hydroxylation sites is 2. The highest BCUT2D eigenvalue weighted by molar-refractivity contribution is 6.45. The van der Waals surface area contributed by atoms with E-state index in [0.717, 1.165) is 22.2 Å². The molecule has 2 N–H and O–H groups in total. The largest absolute Gasteiger partial charge is 0.360 e. The van der Waals surface area contributed by atoms with E-state index in [9.17, 15) is 19.2 Å². The molecule has 218 valence electrons. The molecule has 0 radical (unpaired) electrons. The van der Waals surface area contributed by atoms with Gasteiger partial charge >= 0.3 is 0 Å². The van der Waals surface area contributed by atoms with Crippen LogP contribution < -0.4 is 0 Å². The van der Waals surface area contributed by atoms with Gasteiger partial charge in [-0.3, -0.25) is 19.2 Å². The number of aromatic nitrogens is 2. The number of nitrogens with zero attached hydrogens (tertiary/aromatic N) is 2. The number of Topliss-reactive ketones (excluding diaryl/α,β-unsaturated/α-hetero) is 2. The number of rotatable bonds is 11. The molecule has 8 heteroatoms. The first kappa shape index (κ1) is 28.4. The lowest BCUT2D eigenvalue weighted by atomic mass is 10.1. The molecular weight excluding hydrogens is 552 g/mol. The molecule has 8 nitrogen and oxygen atoms in total. The van der Waals surface area contributed by atoms with E-state index < -0.39 is 23.4 Å². The minimum absolute atomic E-state index is 0.0432. The third kappa shape index (κ3) is 5.91. The van der Waals surface area contributed by atoms with Crippen LogP contribution in [0.1, 0.15) is 31.8 Å². The van der Waals surface area contributed by atoms with Crippen LogP contribution in [-0.2, 0) is 22.7 Å². The van der Waals surface area contributed by atoms with Crippen LogP contribution in [0.25, 0.3) is 21.8 Å². The van der Waals surface area contributed by atoms with Crippen molar-refractivity contribution in [1.82, 2.24) is 19.8 Å². The van der Waals surface area contributed by atoms with E-state index >= 15 is 0 Å². The number of H-pyrrole nitrogens is 2. The molecule has 0 atom stereocenters. The maximum Gasteiger partial charge on any atom is 0.295 e. The molecule has 6 rings (SSSR count). The van der Waals surface area contributed by atoms with Crippen molar-refractivity contribution in [3.8, 4) is 0 Å². The fraction of sp³-hybridized carbons (Fsp3) is 0.111. The summed E-state index contributed by atoms with van der Waals surface area (Å²) in [5.41, 5.74) is 3.76. The van der Waals surface area contributed by atoms with E-state index in [1.807, 2.05) is 97.1 Å². The van der Waals surface area contributed by atoms with Crippen molar-refractivity contribution in [2.75, 3.05) is 13.1 Å². The van der Waals surface area contributed by atoms with Crippen LogP contribution >= 0.6 is 0 Å². The first-order valence-corrected chi connectivity index (χ1v) is 14.4. The molecule has 0 saturated carbocycles. The highest BCUT2D eigenvalue weighted by Crippen LogP contribution is 2.21. The number of fused-ring (bicyclic) bond motifs is 2. The number of benzene rings is 4. The van der Waals surface area contributed by atoms with Crippen molar-refractivity contribution < 1.29 is 19.2 Å². The third-order valence-corrected chi connectivity index (χ3v) is 7.70. The Labute approximate surface area is 253 Å². The van der Waals surface area contributed by atoms with Gasteiger partial charge in [-0.05, 0) is 23.3 Å². The molecule has 0 aliphatic heterocycles. The number of ketones is 2. The highest BCUT2D eigenvalue weighted by atomic mass is 16.2. The van der Waals surface area contributed by atoms with Crippen molar-refractivity contribution >= 4 is 45.2 Å². The molecule has 2 heterocycles. The number of nitrogens with one attached hydrogen (secondary N) is 2. The fourth-order valence-electron chi connectivity index (χ4n) is 5.39. The zero-order chi connectivity index (χ0) is 30.5. The predicted octanol–water partition coefficient (Wildman–Crippen LogP) is 5.77. The van der Waals surface area contributed by atoms with Gasteiger partial charge in [-0.15, -0.1) is 0 Å². The zero-order valence-corrected chi connectivity index (χ0v) is 23.9. The molecular formula is C36H30N4O4. The van der Waals surface area contributed by atoms with Crippen molar-refractivity contribution in [3.05, 3.63) is 144 Å². The summed E-state index contributed by atoms with van der Waals surface area (Å²) in [6.45, 7) is 0.415. The summed E-state index contributed by atoms with van der Waals surface area (Å²) in [7, 11) is 0. The van der Waals surface area contributed by atoms with Crippen LogP contribution in [0.2, 0.25) is 0 Å². The van der Waals surface area contributed by atoms with Crippen LogP contribution in [0.3, 0.4) is 0 Å². The first-order valence-electron chi connectivity index (χ1n) is 14.4. The molecule has 4 aromatic carbocycles. The van der Waals surface area contributed by atoms with Crippen molar-refractivity contribution in [2.45, 2.75) is 13.1 Å². The Morgan fingerprint density at radius 1 is 0.477 bits per heavy atom. The maximum atomic E-state index is 13.8. The lowest BCUT2D eigenvalue weighted by Gasteiger charge is -2.27. The monoisotopic (exact) mass is 582 g/mol. The second kappa shape index (κ2) is 12.6. The van der Waals surface area contributed by atoms with Gasteiger partial charge in [-0.25, -0.2) is 0 Å². The van der Waals surface area contributed by atoms with Crippen LogP contribution in [0.15, 0.2) is 122 Å². The van der Waals surface area contributed by atoms with E-state index in [0.29, 0.717) is 10.8 Å². The van der Waals surface area contributed by atoms with Gasteiger partial charge in [0.05, 0.1) is 11.1 Å². The lowest BCUT2D eigenvalue weighted by molar-refractivity contribution is -0.130. The highest BCUT2D eigenvalue weighted by Gasteiger charge is 2.29.